The predicted molar refractivity (Wildman–Crippen MR) is 106 cm³/mol. The number of aromatic nitrogens is 2. The van der Waals surface area contributed by atoms with E-state index in [-0.39, 0.29) is 4.90 Å². The second-order valence-corrected chi connectivity index (χ2v) is 9.09. The zero-order valence-electron chi connectivity index (χ0n) is 15.9. The van der Waals surface area contributed by atoms with Crippen LogP contribution in [0.1, 0.15) is 18.5 Å². The summed E-state index contributed by atoms with van der Waals surface area (Å²) in [6.07, 6.45) is 2.30. The molecule has 3 heterocycles. The summed E-state index contributed by atoms with van der Waals surface area (Å²) in [4.78, 5) is 13.3. The standard InChI is InChI=1S/C19H24FN5O2S/c1-15-14-18(22-19(21-15)24-8-4-5-9-24)23-10-12-25(13-11-23)28(26,27)17-7-3-2-6-16(17)20/h2-3,6-7,14H,4-5,8-13H2,1H3. The first-order chi connectivity index (χ1) is 13.4. The molecule has 28 heavy (non-hydrogen) atoms. The Morgan fingerprint density at radius 2 is 1.61 bits per heavy atom. The molecule has 0 atom stereocenters. The molecule has 2 aliphatic heterocycles. The second-order valence-electron chi connectivity index (χ2n) is 7.18. The molecule has 150 valence electrons. The molecule has 0 unspecified atom stereocenters. The van der Waals surface area contributed by atoms with Gasteiger partial charge in [0.05, 0.1) is 0 Å². The van der Waals surface area contributed by atoms with Gasteiger partial charge in [0.1, 0.15) is 16.5 Å². The second kappa shape index (κ2) is 7.63. The van der Waals surface area contributed by atoms with Crippen molar-refractivity contribution in [1.82, 2.24) is 14.3 Å². The van der Waals surface area contributed by atoms with Crippen LogP contribution in [0, 0.1) is 12.7 Å². The van der Waals surface area contributed by atoms with Crippen LogP contribution in [0.4, 0.5) is 16.2 Å². The van der Waals surface area contributed by atoms with Crippen molar-refractivity contribution in [3.05, 3.63) is 41.8 Å². The fraction of sp³-hybridized carbons (Fsp3) is 0.474. The summed E-state index contributed by atoms with van der Waals surface area (Å²) in [5.41, 5.74) is 0.897. The third kappa shape index (κ3) is 3.68. The van der Waals surface area contributed by atoms with Gasteiger partial charge in [0, 0.05) is 51.0 Å². The molecule has 4 rings (SSSR count). The van der Waals surface area contributed by atoms with Gasteiger partial charge in [0.2, 0.25) is 16.0 Å². The Morgan fingerprint density at radius 1 is 0.929 bits per heavy atom. The van der Waals surface area contributed by atoms with Gasteiger partial charge in [0.25, 0.3) is 0 Å². The van der Waals surface area contributed by atoms with Gasteiger partial charge >= 0.3 is 0 Å². The third-order valence-electron chi connectivity index (χ3n) is 5.23. The molecule has 1 aromatic carbocycles. The fourth-order valence-electron chi connectivity index (χ4n) is 3.71. The minimum Gasteiger partial charge on any atom is -0.354 e. The van der Waals surface area contributed by atoms with Crippen molar-refractivity contribution >= 4 is 21.8 Å². The van der Waals surface area contributed by atoms with Gasteiger partial charge in [-0.3, -0.25) is 0 Å². The van der Waals surface area contributed by atoms with E-state index >= 15 is 0 Å². The minimum atomic E-state index is -3.84. The number of sulfonamides is 1. The highest BCUT2D eigenvalue weighted by atomic mass is 32.2. The van der Waals surface area contributed by atoms with Gasteiger partial charge in [-0.05, 0) is 31.9 Å². The average Bonchev–Trinajstić information content (AvgIpc) is 3.23. The molecular formula is C19H24FN5O2S. The van der Waals surface area contributed by atoms with Crippen LogP contribution in [0.3, 0.4) is 0 Å². The zero-order chi connectivity index (χ0) is 19.7. The molecule has 2 aromatic rings. The summed E-state index contributed by atoms with van der Waals surface area (Å²) >= 11 is 0. The van der Waals surface area contributed by atoms with Crippen LogP contribution in [-0.4, -0.2) is 62.0 Å². The number of rotatable bonds is 4. The number of benzene rings is 1. The first-order valence-electron chi connectivity index (χ1n) is 9.55. The van der Waals surface area contributed by atoms with E-state index in [1.165, 1.54) is 28.6 Å². The molecule has 1 aromatic heterocycles. The van der Waals surface area contributed by atoms with Crippen LogP contribution in [0.15, 0.2) is 35.2 Å². The number of anilines is 2. The van der Waals surface area contributed by atoms with Gasteiger partial charge in [-0.2, -0.15) is 9.29 Å². The summed E-state index contributed by atoms with van der Waals surface area (Å²) in [5, 5.41) is 0. The van der Waals surface area contributed by atoms with Crippen LogP contribution in [0.5, 0.6) is 0 Å². The lowest BCUT2D eigenvalue weighted by Gasteiger charge is -2.35. The summed E-state index contributed by atoms with van der Waals surface area (Å²) in [7, 11) is -3.84. The van der Waals surface area contributed by atoms with Gasteiger partial charge in [-0.15, -0.1) is 0 Å². The van der Waals surface area contributed by atoms with E-state index in [2.05, 4.69) is 14.8 Å². The van der Waals surface area contributed by atoms with Crippen LogP contribution in [0.2, 0.25) is 0 Å². The Kier molecular flexibility index (Phi) is 5.20. The van der Waals surface area contributed by atoms with E-state index in [0.29, 0.717) is 26.2 Å². The van der Waals surface area contributed by atoms with E-state index in [1.54, 1.807) is 0 Å². The molecule has 0 radical (unpaired) electrons. The highest BCUT2D eigenvalue weighted by Gasteiger charge is 2.31. The zero-order valence-corrected chi connectivity index (χ0v) is 16.7. The Hall–Kier alpha value is -2.26. The van der Waals surface area contributed by atoms with E-state index < -0.39 is 15.8 Å². The molecule has 9 heteroatoms. The van der Waals surface area contributed by atoms with Gasteiger partial charge in [0.15, 0.2) is 0 Å². The Bertz CT molecular complexity index is 955. The number of nitrogens with zero attached hydrogens (tertiary/aromatic N) is 5. The van der Waals surface area contributed by atoms with Crippen molar-refractivity contribution in [1.29, 1.82) is 0 Å². The van der Waals surface area contributed by atoms with E-state index in [0.717, 1.165) is 43.4 Å². The van der Waals surface area contributed by atoms with Crippen molar-refractivity contribution in [2.75, 3.05) is 49.1 Å². The quantitative estimate of drug-likeness (QED) is 0.775. The number of aryl methyl sites for hydroxylation is 1. The molecule has 2 aliphatic rings. The van der Waals surface area contributed by atoms with E-state index in [1.807, 2.05) is 13.0 Å². The normalized spacial score (nSPS) is 18.6. The number of hydrogen-bond donors (Lipinski definition) is 0. The molecule has 0 aliphatic carbocycles. The summed E-state index contributed by atoms with van der Waals surface area (Å²) in [6, 6.07) is 7.44. The highest BCUT2D eigenvalue weighted by molar-refractivity contribution is 7.89. The number of hydrogen-bond acceptors (Lipinski definition) is 6. The van der Waals surface area contributed by atoms with Crippen molar-refractivity contribution in [2.45, 2.75) is 24.7 Å². The van der Waals surface area contributed by atoms with Crippen molar-refractivity contribution in [3.8, 4) is 0 Å². The molecule has 0 bridgehead atoms. The SMILES string of the molecule is Cc1cc(N2CCN(S(=O)(=O)c3ccccc3F)CC2)nc(N2CCCC2)n1. The first kappa shape index (κ1) is 19.1. The fourth-order valence-corrected chi connectivity index (χ4v) is 5.19. The summed E-state index contributed by atoms with van der Waals surface area (Å²) in [6.45, 7) is 5.48. The largest absolute Gasteiger partial charge is 0.354 e. The summed E-state index contributed by atoms with van der Waals surface area (Å²) in [5.74, 6) is 0.845. The first-order valence-corrected chi connectivity index (χ1v) is 11.0. The minimum absolute atomic E-state index is 0.266. The maximum absolute atomic E-state index is 14.0. The third-order valence-corrected chi connectivity index (χ3v) is 7.17. The van der Waals surface area contributed by atoms with E-state index in [4.69, 9.17) is 4.98 Å². The Labute approximate surface area is 164 Å². The van der Waals surface area contributed by atoms with Gasteiger partial charge in [-0.25, -0.2) is 17.8 Å². The topological polar surface area (TPSA) is 69.6 Å². The maximum Gasteiger partial charge on any atom is 0.246 e. The van der Waals surface area contributed by atoms with Crippen molar-refractivity contribution in [3.63, 3.8) is 0 Å². The lowest BCUT2D eigenvalue weighted by atomic mass is 10.3. The molecule has 2 saturated heterocycles. The molecule has 2 fully saturated rings. The Morgan fingerprint density at radius 3 is 2.29 bits per heavy atom. The average molecular weight is 405 g/mol. The maximum atomic E-state index is 14.0. The predicted octanol–water partition coefficient (Wildman–Crippen LogP) is 2.04. The smallest absolute Gasteiger partial charge is 0.246 e. The number of halogens is 1. The summed E-state index contributed by atoms with van der Waals surface area (Å²) < 4.78 is 40.9. The van der Waals surface area contributed by atoms with Crippen LogP contribution in [0.25, 0.3) is 0 Å². The lowest BCUT2D eigenvalue weighted by molar-refractivity contribution is 0.381. The monoisotopic (exact) mass is 405 g/mol. The lowest BCUT2D eigenvalue weighted by Crippen LogP contribution is -2.49. The van der Waals surface area contributed by atoms with Crippen LogP contribution < -0.4 is 9.80 Å². The Balaban J connectivity index is 1.49. The van der Waals surface area contributed by atoms with Crippen molar-refractivity contribution in [2.24, 2.45) is 0 Å². The van der Waals surface area contributed by atoms with Gasteiger partial charge < -0.3 is 9.80 Å². The molecule has 0 amide bonds. The molecule has 0 spiro atoms. The molecule has 0 N–H and O–H groups in total. The molecule has 7 nitrogen and oxygen atoms in total. The molecule has 0 saturated carbocycles. The van der Waals surface area contributed by atoms with Crippen LogP contribution >= 0.6 is 0 Å². The highest BCUT2D eigenvalue weighted by Crippen LogP contribution is 2.24. The molecular weight excluding hydrogens is 381 g/mol. The number of piperazine rings is 1. The van der Waals surface area contributed by atoms with Crippen LogP contribution in [-0.2, 0) is 10.0 Å². The van der Waals surface area contributed by atoms with Gasteiger partial charge in [-0.1, -0.05) is 12.1 Å². The van der Waals surface area contributed by atoms with Crippen molar-refractivity contribution < 1.29 is 12.8 Å². The van der Waals surface area contributed by atoms with E-state index in [9.17, 15) is 12.8 Å².